The number of aromatic nitrogens is 3. The van der Waals surface area contributed by atoms with Crippen molar-refractivity contribution in [3.8, 4) is 22.5 Å². The summed E-state index contributed by atoms with van der Waals surface area (Å²) in [5.74, 6) is -0.443. The molecule has 6 rings (SSSR count). The van der Waals surface area contributed by atoms with Crippen LogP contribution in [0.25, 0.3) is 49.9 Å². The molecule has 0 atom stereocenters. The maximum atomic E-state index is 14.6. The number of rotatable bonds is 8. The Bertz CT molecular complexity index is 1960. The van der Waals surface area contributed by atoms with Crippen LogP contribution in [0.1, 0.15) is 24.0 Å². The van der Waals surface area contributed by atoms with Crippen LogP contribution in [0.2, 0.25) is 0 Å². The Hall–Kier alpha value is -4.54. The fourth-order valence-electron chi connectivity index (χ4n) is 4.69. The number of H-pyrrole nitrogens is 2. The van der Waals surface area contributed by atoms with Crippen LogP contribution in [0, 0.1) is 5.82 Å². The first-order valence-corrected chi connectivity index (χ1v) is 14.6. The molecular formula is C30H27FN6O2S. The van der Waals surface area contributed by atoms with Crippen LogP contribution in [-0.4, -0.2) is 36.1 Å². The quantitative estimate of drug-likeness (QED) is 0.186. The van der Waals surface area contributed by atoms with Gasteiger partial charge < -0.3 is 10.7 Å². The molecule has 0 aliphatic heterocycles. The maximum Gasteiger partial charge on any atom is 0.209 e. The highest BCUT2D eigenvalue weighted by molar-refractivity contribution is 7.88. The molecular weight excluding hydrogens is 527 g/mol. The molecule has 40 heavy (non-hydrogen) atoms. The summed E-state index contributed by atoms with van der Waals surface area (Å²) in [7, 11) is -3.41. The van der Waals surface area contributed by atoms with Crippen LogP contribution in [0.4, 0.5) is 4.39 Å². The number of nitrogens with zero attached hydrogens (tertiary/aromatic N) is 2. The molecule has 0 unspecified atom stereocenters. The van der Waals surface area contributed by atoms with Crippen LogP contribution in [-0.2, 0) is 16.6 Å². The van der Waals surface area contributed by atoms with Crippen molar-refractivity contribution in [2.45, 2.75) is 19.4 Å². The van der Waals surface area contributed by atoms with Gasteiger partial charge in [0, 0.05) is 47.0 Å². The zero-order valence-electron chi connectivity index (χ0n) is 21.7. The number of nitrogens with two attached hydrogens (primary N) is 1. The molecule has 3 aromatic carbocycles. The van der Waals surface area contributed by atoms with E-state index in [0.29, 0.717) is 11.1 Å². The molecule has 0 spiro atoms. The van der Waals surface area contributed by atoms with Crippen molar-refractivity contribution in [3.05, 3.63) is 95.6 Å². The minimum Gasteiger partial charge on any atom is -0.404 e. The van der Waals surface area contributed by atoms with Crippen LogP contribution in [0.3, 0.4) is 0 Å². The van der Waals surface area contributed by atoms with Crippen LogP contribution in [0.5, 0.6) is 0 Å². The van der Waals surface area contributed by atoms with Gasteiger partial charge in [-0.3, -0.25) is 10.1 Å². The summed E-state index contributed by atoms with van der Waals surface area (Å²) < 4.78 is 40.1. The van der Waals surface area contributed by atoms with E-state index < -0.39 is 15.8 Å². The summed E-state index contributed by atoms with van der Waals surface area (Å²) in [4.78, 5) is 7.86. The van der Waals surface area contributed by atoms with Crippen molar-refractivity contribution in [1.82, 2.24) is 19.9 Å². The summed E-state index contributed by atoms with van der Waals surface area (Å²) in [5, 5.41) is 9.49. The Balaban J connectivity index is 1.38. The molecule has 202 valence electrons. The normalized spacial score (nSPS) is 14.1. The number of aromatic amines is 2. The number of nitrogens with one attached hydrogen (secondary N) is 3. The van der Waals surface area contributed by atoms with Crippen LogP contribution in [0.15, 0.2) is 83.6 Å². The second-order valence-electron chi connectivity index (χ2n) is 9.91. The van der Waals surface area contributed by atoms with E-state index >= 15 is 0 Å². The second-order valence-corrected chi connectivity index (χ2v) is 11.7. The fourth-order valence-corrected chi connectivity index (χ4v) is 5.12. The summed E-state index contributed by atoms with van der Waals surface area (Å²) in [6, 6.07) is 18.3. The van der Waals surface area contributed by atoms with Gasteiger partial charge in [0.2, 0.25) is 10.0 Å². The van der Waals surface area contributed by atoms with Crippen molar-refractivity contribution in [2.24, 2.45) is 10.7 Å². The van der Waals surface area contributed by atoms with Crippen molar-refractivity contribution in [2.75, 3.05) is 6.26 Å². The Morgan fingerprint density at radius 1 is 1.10 bits per heavy atom. The molecule has 10 heteroatoms. The van der Waals surface area contributed by atoms with Crippen molar-refractivity contribution < 1.29 is 12.8 Å². The number of hydrogen-bond acceptors (Lipinski definition) is 5. The lowest BCUT2D eigenvalue weighted by Crippen LogP contribution is -2.21. The summed E-state index contributed by atoms with van der Waals surface area (Å²) in [5.41, 5.74) is 14.2. The SMILES string of the molecule is CS(=O)(=O)NCc1cc(F)cc(-c2cccc3[nH]c(-c4n[nH]c5ccc(/C(C=NC=C6CC6)=C/N)cc45)cc23)c1. The molecule has 1 saturated carbocycles. The van der Waals surface area contributed by atoms with E-state index in [1.165, 1.54) is 17.7 Å². The van der Waals surface area contributed by atoms with Gasteiger partial charge in [-0.1, -0.05) is 23.8 Å². The molecule has 1 fully saturated rings. The number of fused-ring (bicyclic) bond motifs is 2. The van der Waals surface area contributed by atoms with E-state index in [0.717, 1.165) is 69.0 Å². The van der Waals surface area contributed by atoms with E-state index in [2.05, 4.69) is 24.9 Å². The Morgan fingerprint density at radius 3 is 2.73 bits per heavy atom. The molecule has 8 nitrogen and oxygen atoms in total. The highest BCUT2D eigenvalue weighted by Gasteiger charge is 2.16. The first-order chi connectivity index (χ1) is 19.3. The fraction of sp³-hybridized carbons (Fsp3) is 0.133. The first kappa shape index (κ1) is 25.7. The van der Waals surface area contributed by atoms with Gasteiger partial charge in [-0.2, -0.15) is 5.10 Å². The van der Waals surface area contributed by atoms with E-state index in [1.54, 1.807) is 18.5 Å². The molecule has 0 bridgehead atoms. The van der Waals surface area contributed by atoms with E-state index in [-0.39, 0.29) is 6.54 Å². The molecule has 5 N–H and O–H groups in total. The van der Waals surface area contributed by atoms with Crippen molar-refractivity contribution >= 4 is 43.6 Å². The number of benzene rings is 3. The third kappa shape index (κ3) is 5.45. The Kier molecular flexibility index (Phi) is 6.57. The Labute approximate surface area is 230 Å². The average molecular weight is 555 g/mol. The molecule has 0 amide bonds. The monoisotopic (exact) mass is 554 g/mol. The third-order valence-corrected chi connectivity index (χ3v) is 7.48. The topological polar surface area (TPSA) is 129 Å². The minimum absolute atomic E-state index is 0.000935. The van der Waals surface area contributed by atoms with Crippen LogP contribution < -0.4 is 10.5 Å². The van der Waals surface area contributed by atoms with Gasteiger partial charge in [-0.15, -0.1) is 0 Å². The zero-order valence-corrected chi connectivity index (χ0v) is 22.5. The maximum absolute atomic E-state index is 14.6. The lowest BCUT2D eigenvalue weighted by molar-refractivity contribution is 0.586. The predicted molar refractivity (Wildman–Crippen MR) is 158 cm³/mol. The van der Waals surface area contributed by atoms with Gasteiger partial charge >= 0.3 is 0 Å². The molecule has 1 aliphatic carbocycles. The number of allylic oxidation sites excluding steroid dienone is 2. The lowest BCUT2D eigenvalue weighted by Gasteiger charge is -2.08. The predicted octanol–water partition coefficient (Wildman–Crippen LogP) is 5.61. The zero-order chi connectivity index (χ0) is 27.9. The van der Waals surface area contributed by atoms with E-state index in [9.17, 15) is 12.8 Å². The second kappa shape index (κ2) is 10.2. The van der Waals surface area contributed by atoms with Gasteiger partial charge in [0.15, 0.2) is 0 Å². The number of sulfonamides is 1. The van der Waals surface area contributed by atoms with Crippen molar-refractivity contribution in [3.63, 3.8) is 0 Å². The Morgan fingerprint density at radius 2 is 1.95 bits per heavy atom. The molecule has 1 aliphatic rings. The lowest BCUT2D eigenvalue weighted by atomic mass is 9.99. The first-order valence-electron chi connectivity index (χ1n) is 12.8. The van der Waals surface area contributed by atoms with Gasteiger partial charge in [-0.05, 0) is 77.6 Å². The summed E-state index contributed by atoms with van der Waals surface area (Å²) >= 11 is 0. The number of aliphatic imine (C=N–C) groups is 1. The third-order valence-electron chi connectivity index (χ3n) is 6.81. The molecule has 5 aromatic rings. The summed E-state index contributed by atoms with van der Waals surface area (Å²) in [6.45, 7) is 0.000935. The standard InChI is InChI=1S/C30H27FN6O2S/c1-40(38,39)34-16-19-9-21(11-23(31)10-19)24-3-2-4-27-25(24)13-29(35-27)30-26-12-20(7-8-28(26)36-37-30)22(14-32)17-33-15-18-5-6-18/h2-4,7-15,17,34-35H,5-6,16,32H2,1H3,(H,36,37)/b22-14+,33-17?. The summed E-state index contributed by atoms with van der Waals surface area (Å²) in [6.07, 6.45) is 8.48. The molecule has 2 heterocycles. The van der Waals surface area contributed by atoms with Gasteiger partial charge in [0.05, 0.1) is 17.5 Å². The largest absolute Gasteiger partial charge is 0.404 e. The molecule has 2 aromatic heterocycles. The number of halogens is 1. The van der Waals surface area contributed by atoms with Crippen molar-refractivity contribution in [1.29, 1.82) is 0 Å². The van der Waals surface area contributed by atoms with E-state index in [1.807, 2.05) is 48.7 Å². The highest BCUT2D eigenvalue weighted by Crippen LogP contribution is 2.35. The highest BCUT2D eigenvalue weighted by atomic mass is 32.2. The average Bonchev–Trinajstić information content (AvgIpc) is 3.49. The molecule has 0 saturated heterocycles. The van der Waals surface area contributed by atoms with Gasteiger partial charge in [0.25, 0.3) is 0 Å². The van der Waals surface area contributed by atoms with E-state index in [4.69, 9.17) is 5.73 Å². The van der Waals surface area contributed by atoms with Gasteiger partial charge in [0.1, 0.15) is 11.5 Å². The van der Waals surface area contributed by atoms with Crippen LogP contribution >= 0.6 is 0 Å². The smallest absolute Gasteiger partial charge is 0.209 e. The minimum atomic E-state index is -3.41. The van der Waals surface area contributed by atoms with Gasteiger partial charge in [-0.25, -0.2) is 17.5 Å². The number of hydrogen-bond donors (Lipinski definition) is 4. The molecule has 0 radical (unpaired) electrons.